The number of benzene rings is 1. The fraction of sp³-hybridized carbons (Fsp3) is 0.591. The summed E-state index contributed by atoms with van der Waals surface area (Å²) in [6, 6.07) is 6.13. The van der Waals surface area contributed by atoms with Crippen LogP contribution in [0.2, 0.25) is 0 Å². The molecular formula is C22H32N4O2. The van der Waals surface area contributed by atoms with Crippen LogP contribution in [0.25, 0.3) is 11.3 Å². The van der Waals surface area contributed by atoms with Crippen LogP contribution >= 0.6 is 0 Å². The standard InChI is InChI=1S/C22H32N4O2/c1-17-5-3-9-26(15-17)10-8-23-14-19-16-25(2)24-22(19)18-6-7-20-21(13-18)28-12-4-11-27-20/h6-7,13,16-17,23H,3-5,8-12,14-15H2,1-2H3. The summed E-state index contributed by atoms with van der Waals surface area (Å²) in [5.41, 5.74) is 3.30. The van der Waals surface area contributed by atoms with Gasteiger partial charge in [-0.15, -0.1) is 0 Å². The lowest BCUT2D eigenvalue weighted by atomic mass is 10.0. The Balaban J connectivity index is 1.39. The maximum atomic E-state index is 5.85. The molecule has 152 valence electrons. The van der Waals surface area contributed by atoms with Crippen LogP contribution < -0.4 is 14.8 Å². The van der Waals surface area contributed by atoms with Gasteiger partial charge in [-0.25, -0.2) is 0 Å². The molecule has 1 N–H and O–H groups in total. The molecule has 2 aromatic rings. The number of hydrogen-bond acceptors (Lipinski definition) is 5. The quantitative estimate of drug-likeness (QED) is 0.776. The molecule has 1 unspecified atom stereocenters. The van der Waals surface area contributed by atoms with Crippen molar-refractivity contribution in [1.29, 1.82) is 0 Å². The molecule has 1 aromatic carbocycles. The minimum Gasteiger partial charge on any atom is -0.490 e. The first kappa shape index (κ1) is 19.3. The Morgan fingerprint density at radius 3 is 2.89 bits per heavy atom. The van der Waals surface area contributed by atoms with Gasteiger partial charge >= 0.3 is 0 Å². The molecule has 0 radical (unpaired) electrons. The van der Waals surface area contributed by atoms with Gasteiger partial charge in [-0.1, -0.05) is 6.92 Å². The van der Waals surface area contributed by atoms with Crippen molar-refractivity contribution < 1.29 is 9.47 Å². The number of likely N-dealkylation sites (tertiary alicyclic amines) is 1. The highest BCUT2D eigenvalue weighted by Crippen LogP contribution is 2.34. The van der Waals surface area contributed by atoms with Crippen LogP contribution in [0, 0.1) is 5.92 Å². The third kappa shape index (κ3) is 4.67. The van der Waals surface area contributed by atoms with E-state index >= 15 is 0 Å². The van der Waals surface area contributed by atoms with E-state index < -0.39 is 0 Å². The van der Waals surface area contributed by atoms with E-state index in [0.29, 0.717) is 13.2 Å². The van der Waals surface area contributed by atoms with E-state index in [2.05, 4.69) is 35.5 Å². The van der Waals surface area contributed by atoms with Gasteiger partial charge in [0.2, 0.25) is 0 Å². The third-order valence-corrected chi connectivity index (χ3v) is 5.59. The lowest BCUT2D eigenvalue weighted by Gasteiger charge is -2.30. The molecule has 0 bridgehead atoms. The Hall–Kier alpha value is -2.05. The Morgan fingerprint density at radius 1 is 1.18 bits per heavy atom. The topological polar surface area (TPSA) is 51.6 Å². The number of piperidine rings is 1. The van der Waals surface area contributed by atoms with E-state index in [1.54, 1.807) is 0 Å². The summed E-state index contributed by atoms with van der Waals surface area (Å²) in [6.45, 7) is 9.17. The van der Waals surface area contributed by atoms with E-state index in [-0.39, 0.29) is 0 Å². The van der Waals surface area contributed by atoms with Crippen molar-refractivity contribution in [1.82, 2.24) is 20.0 Å². The lowest BCUT2D eigenvalue weighted by Crippen LogP contribution is -2.38. The zero-order chi connectivity index (χ0) is 19.3. The maximum Gasteiger partial charge on any atom is 0.161 e. The van der Waals surface area contributed by atoms with Crippen LogP contribution in [0.4, 0.5) is 0 Å². The molecule has 0 amide bonds. The summed E-state index contributed by atoms with van der Waals surface area (Å²) in [7, 11) is 1.98. The van der Waals surface area contributed by atoms with Gasteiger partial charge in [-0.2, -0.15) is 5.10 Å². The predicted molar refractivity (Wildman–Crippen MR) is 111 cm³/mol. The van der Waals surface area contributed by atoms with Crippen molar-refractivity contribution in [2.24, 2.45) is 13.0 Å². The van der Waals surface area contributed by atoms with Gasteiger partial charge < -0.3 is 19.7 Å². The molecule has 4 rings (SSSR count). The molecule has 0 aliphatic carbocycles. The summed E-state index contributed by atoms with van der Waals surface area (Å²) >= 11 is 0. The summed E-state index contributed by atoms with van der Waals surface area (Å²) in [4.78, 5) is 2.58. The van der Waals surface area contributed by atoms with Crippen molar-refractivity contribution in [2.75, 3.05) is 39.4 Å². The van der Waals surface area contributed by atoms with E-state index in [4.69, 9.17) is 14.6 Å². The first-order valence-electron chi connectivity index (χ1n) is 10.5. The number of aromatic nitrogens is 2. The van der Waals surface area contributed by atoms with Crippen LogP contribution in [-0.2, 0) is 13.6 Å². The molecule has 3 heterocycles. The normalized spacial score (nSPS) is 20.1. The molecule has 6 nitrogen and oxygen atoms in total. The van der Waals surface area contributed by atoms with E-state index in [1.807, 2.05) is 17.8 Å². The first-order valence-corrected chi connectivity index (χ1v) is 10.5. The second-order valence-corrected chi connectivity index (χ2v) is 8.11. The molecule has 1 aromatic heterocycles. The van der Waals surface area contributed by atoms with Gasteiger partial charge in [0, 0.05) is 57.0 Å². The molecule has 0 saturated carbocycles. The summed E-state index contributed by atoms with van der Waals surface area (Å²) in [5, 5.41) is 8.31. The monoisotopic (exact) mass is 384 g/mol. The minimum atomic E-state index is 0.697. The van der Waals surface area contributed by atoms with E-state index in [9.17, 15) is 0 Å². The highest BCUT2D eigenvalue weighted by Gasteiger charge is 2.17. The number of rotatable bonds is 6. The van der Waals surface area contributed by atoms with Crippen LogP contribution in [-0.4, -0.2) is 54.1 Å². The number of hydrogen-bond donors (Lipinski definition) is 1. The number of fused-ring (bicyclic) bond motifs is 1. The Bertz CT molecular complexity index is 789. The zero-order valence-electron chi connectivity index (χ0n) is 17.1. The predicted octanol–water partition coefficient (Wildman–Crippen LogP) is 3.07. The molecule has 1 saturated heterocycles. The Morgan fingerprint density at radius 2 is 2.04 bits per heavy atom. The molecule has 2 aliphatic heterocycles. The van der Waals surface area contributed by atoms with Crippen LogP contribution in [0.3, 0.4) is 0 Å². The van der Waals surface area contributed by atoms with Gasteiger partial charge in [-0.05, 0) is 43.5 Å². The van der Waals surface area contributed by atoms with Crippen molar-refractivity contribution in [3.63, 3.8) is 0 Å². The first-order chi connectivity index (χ1) is 13.7. The molecule has 1 atom stereocenters. The third-order valence-electron chi connectivity index (χ3n) is 5.59. The summed E-state index contributed by atoms with van der Waals surface area (Å²) < 4.78 is 13.5. The van der Waals surface area contributed by atoms with Gasteiger partial charge in [0.15, 0.2) is 11.5 Å². The Kier molecular flexibility index (Phi) is 6.17. The average Bonchev–Trinajstić information content (AvgIpc) is 2.90. The highest BCUT2D eigenvalue weighted by atomic mass is 16.5. The van der Waals surface area contributed by atoms with Gasteiger partial charge in [0.1, 0.15) is 0 Å². The van der Waals surface area contributed by atoms with Crippen LogP contribution in [0.15, 0.2) is 24.4 Å². The zero-order valence-corrected chi connectivity index (χ0v) is 17.1. The van der Waals surface area contributed by atoms with Crippen LogP contribution in [0.1, 0.15) is 31.7 Å². The van der Waals surface area contributed by atoms with Crippen molar-refractivity contribution >= 4 is 0 Å². The fourth-order valence-corrected chi connectivity index (χ4v) is 4.17. The van der Waals surface area contributed by atoms with Gasteiger partial charge in [-0.3, -0.25) is 4.68 Å². The molecule has 1 fully saturated rings. The summed E-state index contributed by atoms with van der Waals surface area (Å²) in [6.07, 6.45) is 5.73. The largest absolute Gasteiger partial charge is 0.490 e. The molecule has 28 heavy (non-hydrogen) atoms. The smallest absolute Gasteiger partial charge is 0.161 e. The molecule has 6 heteroatoms. The Labute approximate surface area is 167 Å². The number of nitrogens with zero attached hydrogens (tertiary/aromatic N) is 3. The van der Waals surface area contributed by atoms with E-state index in [0.717, 1.165) is 54.7 Å². The highest BCUT2D eigenvalue weighted by molar-refractivity contribution is 5.66. The molecule has 2 aliphatic rings. The molecular weight excluding hydrogens is 352 g/mol. The van der Waals surface area contributed by atoms with Crippen molar-refractivity contribution in [3.05, 3.63) is 30.0 Å². The van der Waals surface area contributed by atoms with Gasteiger partial charge in [0.25, 0.3) is 0 Å². The fourth-order valence-electron chi connectivity index (χ4n) is 4.17. The number of nitrogens with one attached hydrogen (secondary N) is 1. The maximum absolute atomic E-state index is 5.85. The second kappa shape index (κ2) is 8.97. The molecule has 0 spiro atoms. The summed E-state index contributed by atoms with van der Waals surface area (Å²) in [5.74, 6) is 2.48. The second-order valence-electron chi connectivity index (χ2n) is 8.11. The lowest BCUT2D eigenvalue weighted by molar-refractivity contribution is 0.184. The van der Waals surface area contributed by atoms with Gasteiger partial charge in [0.05, 0.1) is 18.9 Å². The number of ether oxygens (including phenoxy) is 2. The van der Waals surface area contributed by atoms with Crippen molar-refractivity contribution in [3.8, 4) is 22.8 Å². The number of aryl methyl sites for hydroxylation is 1. The van der Waals surface area contributed by atoms with Crippen LogP contribution in [0.5, 0.6) is 11.5 Å². The van der Waals surface area contributed by atoms with E-state index in [1.165, 1.54) is 31.5 Å². The van der Waals surface area contributed by atoms with Crippen molar-refractivity contribution in [2.45, 2.75) is 32.7 Å². The average molecular weight is 385 g/mol. The minimum absolute atomic E-state index is 0.697. The SMILES string of the molecule is CC1CCCN(CCNCc2cn(C)nc2-c2ccc3c(c2)OCCCO3)C1.